The molecule has 1 aromatic heterocycles. The van der Waals surface area contributed by atoms with E-state index in [-0.39, 0.29) is 23.7 Å². The summed E-state index contributed by atoms with van der Waals surface area (Å²) in [6.45, 7) is 4.00. The second-order valence-electron chi connectivity index (χ2n) is 6.58. The van der Waals surface area contributed by atoms with Gasteiger partial charge in [-0.1, -0.05) is 26.0 Å². The van der Waals surface area contributed by atoms with Gasteiger partial charge < -0.3 is 5.32 Å². The zero-order valence-electron chi connectivity index (χ0n) is 15.0. The molecule has 7 heteroatoms. The minimum atomic E-state index is -0.498. The molecule has 0 bridgehead atoms. The van der Waals surface area contributed by atoms with Gasteiger partial charge in [-0.2, -0.15) is 0 Å². The van der Waals surface area contributed by atoms with Gasteiger partial charge in [0.1, 0.15) is 6.54 Å². The number of rotatable bonds is 5. The highest BCUT2D eigenvalue weighted by atomic mass is 16.6. The highest BCUT2D eigenvalue weighted by Crippen LogP contribution is 2.20. The lowest BCUT2D eigenvalue weighted by molar-refractivity contribution is -0.384. The van der Waals surface area contributed by atoms with E-state index in [0.29, 0.717) is 22.5 Å². The molecule has 0 aliphatic heterocycles. The molecule has 0 unspecified atom stereocenters. The van der Waals surface area contributed by atoms with Gasteiger partial charge in [0.2, 0.25) is 5.91 Å². The summed E-state index contributed by atoms with van der Waals surface area (Å²) in [5.41, 5.74) is 1.87. The number of non-ortho nitro benzene ring substituents is 1. The Morgan fingerprint density at radius 2 is 1.81 bits per heavy atom. The minimum absolute atomic E-state index is 0.0672. The predicted molar refractivity (Wildman–Crippen MR) is 104 cm³/mol. The number of hydrogen-bond acceptors (Lipinski definition) is 4. The highest BCUT2D eigenvalue weighted by molar-refractivity contribution is 5.92. The number of fused-ring (bicyclic) bond motifs is 1. The van der Waals surface area contributed by atoms with E-state index >= 15 is 0 Å². The third-order valence-electron chi connectivity index (χ3n) is 4.35. The first-order valence-electron chi connectivity index (χ1n) is 8.53. The van der Waals surface area contributed by atoms with E-state index in [9.17, 15) is 19.7 Å². The first-order valence-corrected chi connectivity index (χ1v) is 8.53. The summed E-state index contributed by atoms with van der Waals surface area (Å²) in [7, 11) is 0. The Morgan fingerprint density at radius 3 is 2.44 bits per heavy atom. The van der Waals surface area contributed by atoms with Gasteiger partial charge in [-0.15, -0.1) is 0 Å². The highest BCUT2D eigenvalue weighted by Gasteiger charge is 2.12. The number of nitro groups is 1. The molecule has 0 aliphatic carbocycles. The lowest BCUT2D eigenvalue weighted by Crippen LogP contribution is -2.27. The summed E-state index contributed by atoms with van der Waals surface area (Å²) < 4.78 is 1.30. The Balaban J connectivity index is 1.84. The van der Waals surface area contributed by atoms with Crippen LogP contribution in [0.3, 0.4) is 0 Å². The lowest BCUT2D eigenvalue weighted by Gasteiger charge is -2.11. The van der Waals surface area contributed by atoms with Crippen LogP contribution in [0.4, 0.5) is 11.4 Å². The number of carbonyl (C=O) groups excluding carboxylic acids is 1. The summed E-state index contributed by atoms with van der Waals surface area (Å²) in [5, 5.41) is 14.2. The molecule has 1 N–H and O–H groups in total. The molecule has 27 heavy (non-hydrogen) atoms. The minimum Gasteiger partial charge on any atom is -0.325 e. The van der Waals surface area contributed by atoms with E-state index in [1.165, 1.54) is 40.5 Å². The summed E-state index contributed by atoms with van der Waals surface area (Å²) >= 11 is 0. The van der Waals surface area contributed by atoms with Gasteiger partial charge in [-0.3, -0.25) is 24.3 Å². The van der Waals surface area contributed by atoms with Crippen molar-refractivity contribution in [2.45, 2.75) is 26.3 Å². The van der Waals surface area contributed by atoms with Crippen molar-refractivity contribution >= 4 is 28.2 Å². The summed E-state index contributed by atoms with van der Waals surface area (Å²) in [4.78, 5) is 35.0. The Kier molecular flexibility index (Phi) is 5.03. The second kappa shape index (κ2) is 7.41. The molecule has 138 valence electrons. The molecule has 0 radical (unpaired) electrons. The van der Waals surface area contributed by atoms with Crippen LogP contribution in [0.15, 0.2) is 59.4 Å². The maximum Gasteiger partial charge on any atom is 0.270 e. The number of nitro benzene ring substituents is 1. The monoisotopic (exact) mass is 365 g/mol. The number of amides is 1. The zero-order chi connectivity index (χ0) is 19.6. The van der Waals surface area contributed by atoms with E-state index in [0.717, 1.165) is 0 Å². The van der Waals surface area contributed by atoms with E-state index in [4.69, 9.17) is 0 Å². The van der Waals surface area contributed by atoms with Gasteiger partial charge in [-0.25, -0.2) is 0 Å². The maximum atomic E-state index is 12.4. The SMILES string of the molecule is CC(C)c1ccc(NC(=O)Cn2c(=O)ccc3cc([N+](=O)[O-])ccc32)cc1. The van der Waals surface area contributed by atoms with Crippen molar-refractivity contribution in [2.75, 3.05) is 5.32 Å². The van der Waals surface area contributed by atoms with Gasteiger partial charge in [0, 0.05) is 29.3 Å². The van der Waals surface area contributed by atoms with Crippen molar-refractivity contribution in [2.24, 2.45) is 0 Å². The summed E-state index contributed by atoms with van der Waals surface area (Å²) in [6.07, 6.45) is 0. The fourth-order valence-electron chi connectivity index (χ4n) is 2.86. The average Bonchev–Trinajstić information content (AvgIpc) is 2.64. The van der Waals surface area contributed by atoms with Gasteiger partial charge in [-0.05, 0) is 35.7 Å². The number of carbonyl (C=O) groups is 1. The molecule has 0 atom stereocenters. The number of anilines is 1. The van der Waals surface area contributed by atoms with E-state index in [1.807, 2.05) is 24.3 Å². The summed E-state index contributed by atoms with van der Waals surface area (Å²) in [6, 6.07) is 14.5. The van der Waals surface area contributed by atoms with Crippen LogP contribution in [0.25, 0.3) is 10.9 Å². The number of nitrogens with one attached hydrogen (secondary N) is 1. The van der Waals surface area contributed by atoms with E-state index < -0.39 is 4.92 Å². The molecule has 3 aromatic rings. The van der Waals surface area contributed by atoms with E-state index in [1.54, 1.807) is 0 Å². The third-order valence-corrected chi connectivity index (χ3v) is 4.35. The molecule has 0 fully saturated rings. The fraction of sp³-hybridized carbons (Fsp3) is 0.200. The standard InChI is InChI=1S/C20H19N3O4/c1-13(2)14-3-6-16(7-4-14)21-19(24)12-22-18-9-8-17(23(26)27)11-15(18)5-10-20(22)25/h3-11,13H,12H2,1-2H3,(H,21,24). The molecule has 3 rings (SSSR count). The van der Waals surface area contributed by atoms with Crippen LogP contribution in [0, 0.1) is 10.1 Å². The van der Waals surface area contributed by atoms with Gasteiger partial charge in [0.15, 0.2) is 0 Å². The molecule has 2 aromatic carbocycles. The molecular formula is C20H19N3O4. The quantitative estimate of drug-likeness (QED) is 0.551. The van der Waals surface area contributed by atoms with Crippen molar-refractivity contribution in [3.05, 3.63) is 80.6 Å². The Bertz CT molecular complexity index is 1070. The van der Waals surface area contributed by atoms with Crippen LogP contribution in [-0.2, 0) is 11.3 Å². The third kappa shape index (κ3) is 4.03. The van der Waals surface area contributed by atoms with Gasteiger partial charge >= 0.3 is 0 Å². The van der Waals surface area contributed by atoms with Crippen molar-refractivity contribution in [1.82, 2.24) is 4.57 Å². The van der Waals surface area contributed by atoms with Gasteiger partial charge in [0.05, 0.1) is 10.4 Å². The van der Waals surface area contributed by atoms with Crippen molar-refractivity contribution in [1.29, 1.82) is 0 Å². The van der Waals surface area contributed by atoms with Crippen LogP contribution in [-0.4, -0.2) is 15.4 Å². The normalized spacial score (nSPS) is 10.9. The summed E-state index contributed by atoms with van der Waals surface area (Å²) in [5.74, 6) is 0.0494. The maximum absolute atomic E-state index is 12.4. The first kappa shape index (κ1) is 18.3. The molecule has 0 spiro atoms. The number of pyridine rings is 1. The van der Waals surface area contributed by atoms with Crippen LogP contribution in [0.5, 0.6) is 0 Å². The van der Waals surface area contributed by atoms with Crippen molar-refractivity contribution in [3.8, 4) is 0 Å². The predicted octanol–water partition coefficient (Wildman–Crippen LogP) is 3.67. The molecular weight excluding hydrogens is 346 g/mol. The van der Waals surface area contributed by atoms with Crippen molar-refractivity contribution in [3.63, 3.8) is 0 Å². The molecule has 1 amide bonds. The second-order valence-corrected chi connectivity index (χ2v) is 6.58. The number of benzene rings is 2. The largest absolute Gasteiger partial charge is 0.325 e. The van der Waals surface area contributed by atoms with Crippen LogP contribution in [0.1, 0.15) is 25.3 Å². The zero-order valence-corrected chi connectivity index (χ0v) is 15.0. The fourth-order valence-corrected chi connectivity index (χ4v) is 2.86. The molecule has 7 nitrogen and oxygen atoms in total. The Labute approximate surface area is 155 Å². The average molecular weight is 365 g/mol. The van der Waals surface area contributed by atoms with Crippen LogP contribution >= 0.6 is 0 Å². The molecule has 0 saturated heterocycles. The Morgan fingerprint density at radius 1 is 1.11 bits per heavy atom. The smallest absolute Gasteiger partial charge is 0.270 e. The van der Waals surface area contributed by atoms with E-state index in [2.05, 4.69) is 19.2 Å². The van der Waals surface area contributed by atoms with Crippen LogP contribution in [0.2, 0.25) is 0 Å². The topological polar surface area (TPSA) is 94.2 Å². The molecule has 0 aliphatic rings. The van der Waals surface area contributed by atoms with Crippen molar-refractivity contribution < 1.29 is 9.72 Å². The van der Waals surface area contributed by atoms with Crippen LogP contribution < -0.4 is 10.9 Å². The Hall–Kier alpha value is -3.48. The first-order chi connectivity index (χ1) is 12.8. The number of hydrogen-bond donors (Lipinski definition) is 1. The van der Waals surface area contributed by atoms with Gasteiger partial charge in [0.25, 0.3) is 11.2 Å². The number of aromatic nitrogens is 1. The molecule has 0 saturated carbocycles. The lowest BCUT2D eigenvalue weighted by atomic mass is 10.0. The molecule has 1 heterocycles. The number of nitrogens with zero attached hydrogens (tertiary/aromatic N) is 2.